The van der Waals surface area contributed by atoms with Crippen molar-refractivity contribution in [1.29, 1.82) is 0 Å². The van der Waals surface area contributed by atoms with Gasteiger partial charge in [0.25, 0.3) is 11.6 Å². The van der Waals surface area contributed by atoms with E-state index in [2.05, 4.69) is 5.32 Å². The zero-order valence-electron chi connectivity index (χ0n) is 11.0. The smallest absolute Gasteiger partial charge is 0.340 e. The van der Waals surface area contributed by atoms with Crippen molar-refractivity contribution in [3.63, 3.8) is 0 Å². The van der Waals surface area contributed by atoms with Gasteiger partial charge in [-0.1, -0.05) is 11.6 Å². The third-order valence-electron chi connectivity index (χ3n) is 3.11. The maximum absolute atomic E-state index is 12.1. The summed E-state index contributed by atoms with van der Waals surface area (Å²) in [6, 6.07) is 3.49. The van der Waals surface area contributed by atoms with Crippen molar-refractivity contribution in [2.45, 2.75) is 25.4 Å². The maximum Gasteiger partial charge on any atom is 0.340 e. The van der Waals surface area contributed by atoms with E-state index in [0.717, 1.165) is 18.9 Å². The van der Waals surface area contributed by atoms with E-state index in [1.807, 2.05) is 0 Å². The minimum absolute atomic E-state index is 0.0413. The summed E-state index contributed by atoms with van der Waals surface area (Å²) in [5.41, 5.74) is -0.389. The highest BCUT2D eigenvalue weighted by Gasteiger charge is 2.26. The Kier molecular flexibility index (Phi) is 4.74. The monoisotopic (exact) mass is 312 g/mol. The van der Waals surface area contributed by atoms with Crippen molar-refractivity contribution >= 4 is 29.2 Å². The molecule has 1 N–H and O–H groups in total. The second-order valence-corrected chi connectivity index (χ2v) is 5.01. The predicted octanol–water partition coefficient (Wildman–Crippen LogP) is 2.07. The molecule has 0 saturated carbocycles. The molecule has 112 valence electrons. The summed E-state index contributed by atoms with van der Waals surface area (Å²) in [7, 11) is 0. The van der Waals surface area contributed by atoms with Crippen molar-refractivity contribution in [3.05, 3.63) is 38.9 Å². The van der Waals surface area contributed by atoms with Crippen LogP contribution in [0.2, 0.25) is 5.02 Å². The van der Waals surface area contributed by atoms with Gasteiger partial charge < -0.3 is 10.1 Å². The molecule has 1 saturated heterocycles. The van der Waals surface area contributed by atoms with E-state index >= 15 is 0 Å². The van der Waals surface area contributed by atoms with E-state index in [1.165, 1.54) is 12.1 Å². The number of non-ortho nitro benzene ring substituents is 1. The maximum atomic E-state index is 12.1. The largest absolute Gasteiger partial charge is 0.449 e. The Hall–Kier alpha value is -2.15. The van der Waals surface area contributed by atoms with Gasteiger partial charge in [-0.15, -0.1) is 0 Å². The molecule has 0 aliphatic carbocycles. The molecule has 2 rings (SSSR count). The number of carbonyl (C=O) groups excluding carboxylic acids is 2. The number of halogens is 1. The van der Waals surface area contributed by atoms with Crippen LogP contribution in [-0.2, 0) is 9.53 Å². The van der Waals surface area contributed by atoms with E-state index in [4.69, 9.17) is 16.3 Å². The number of benzene rings is 1. The molecule has 8 heteroatoms. The average Bonchev–Trinajstić information content (AvgIpc) is 2.64. The first-order valence-corrected chi connectivity index (χ1v) is 6.79. The molecule has 1 aromatic rings. The number of rotatable bonds is 3. The number of nitrogens with one attached hydrogen (secondary N) is 1. The van der Waals surface area contributed by atoms with Crippen LogP contribution in [0.25, 0.3) is 0 Å². The molecule has 1 fully saturated rings. The minimum Gasteiger partial charge on any atom is -0.449 e. The first-order valence-electron chi connectivity index (χ1n) is 6.41. The highest BCUT2D eigenvalue weighted by Crippen LogP contribution is 2.23. The number of ether oxygens (including phenoxy) is 1. The first kappa shape index (κ1) is 15.2. The fourth-order valence-electron chi connectivity index (χ4n) is 2.00. The number of nitro benzene ring substituents is 1. The van der Waals surface area contributed by atoms with Gasteiger partial charge in [-0.05, 0) is 25.3 Å². The van der Waals surface area contributed by atoms with Crippen molar-refractivity contribution in [2.24, 2.45) is 0 Å². The molecular weight excluding hydrogens is 300 g/mol. The van der Waals surface area contributed by atoms with Gasteiger partial charge in [-0.3, -0.25) is 14.9 Å². The summed E-state index contributed by atoms with van der Waals surface area (Å²) in [5, 5.41) is 13.4. The van der Waals surface area contributed by atoms with Gasteiger partial charge in [0.05, 0.1) is 15.5 Å². The van der Waals surface area contributed by atoms with Crippen LogP contribution in [0.3, 0.4) is 0 Å². The second-order valence-electron chi connectivity index (χ2n) is 4.60. The van der Waals surface area contributed by atoms with Gasteiger partial charge in [0.15, 0.2) is 6.10 Å². The molecule has 1 amide bonds. The molecule has 7 nitrogen and oxygen atoms in total. The molecule has 1 aliphatic heterocycles. The summed E-state index contributed by atoms with van der Waals surface area (Å²) in [6.07, 6.45) is 1.09. The van der Waals surface area contributed by atoms with Gasteiger partial charge in [0, 0.05) is 18.7 Å². The zero-order valence-corrected chi connectivity index (χ0v) is 11.8. The highest BCUT2D eigenvalue weighted by atomic mass is 35.5. The van der Waals surface area contributed by atoms with Crippen LogP contribution in [0.15, 0.2) is 18.2 Å². The van der Waals surface area contributed by atoms with Crippen molar-refractivity contribution < 1.29 is 19.2 Å². The lowest BCUT2D eigenvalue weighted by Gasteiger charge is -2.14. The molecule has 1 heterocycles. The van der Waals surface area contributed by atoms with E-state index in [1.54, 1.807) is 0 Å². The Morgan fingerprint density at radius 3 is 2.90 bits per heavy atom. The minimum atomic E-state index is -0.893. The third-order valence-corrected chi connectivity index (χ3v) is 3.44. The van der Waals surface area contributed by atoms with Crippen LogP contribution in [0.4, 0.5) is 5.69 Å². The van der Waals surface area contributed by atoms with Crippen LogP contribution in [0.1, 0.15) is 29.6 Å². The van der Waals surface area contributed by atoms with Gasteiger partial charge >= 0.3 is 5.97 Å². The molecule has 0 radical (unpaired) electrons. The molecule has 0 spiro atoms. The average molecular weight is 313 g/mol. The summed E-state index contributed by atoms with van der Waals surface area (Å²) < 4.78 is 5.13. The van der Waals surface area contributed by atoms with E-state index in [-0.39, 0.29) is 22.2 Å². The normalized spacial score (nSPS) is 18.5. The fourth-order valence-corrected chi connectivity index (χ4v) is 2.19. The lowest BCUT2D eigenvalue weighted by Crippen LogP contribution is -2.36. The number of carbonyl (C=O) groups is 2. The standard InChI is InChI=1S/C13H13ClN2O5/c14-10-5-4-8(16(19)20)7-9(10)13(18)21-11-3-1-2-6-15-12(11)17/h4-5,7,11H,1-3,6H2,(H,15,17)/t11-/m1/s1. The summed E-state index contributed by atoms with van der Waals surface area (Å²) in [6.45, 7) is 0.546. The Balaban J connectivity index is 2.17. The molecule has 1 aromatic carbocycles. The van der Waals surface area contributed by atoms with Crippen molar-refractivity contribution in [1.82, 2.24) is 5.32 Å². The van der Waals surface area contributed by atoms with Crippen molar-refractivity contribution in [2.75, 3.05) is 6.54 Å². The fraction of sp³-hybridized carbons (Fsp3) is 0.385. The van der Waals surface area contributed by atoms with E-state index in [9.17, 15) is 19.7 Å². The SMILES string of the molecule is O=C(O[C@@H]1CCCCNC1=O)c1cc([N+](=O)[O-])ccc1Cl. The van der Waals surface area contributed by atoms with Crippen LogP contribution in [0, 0.1) is 10.1 Å². The zero-order chi connectivity index (χ0) is 15.4. The Bertz CT molecular complexity index is 590. The quantitative estimate of drug-likeness (QED) is 0.523. The van der Waals surface area contributed by atoms with Gasteiger partial charge in [0.1, 0.15) is 0 Å². The molecular formula is C13H13ClN2O5. The topological polar surface area (TPSA) is 98.5 Å². The van der Waals surface area contributed by atoms with Crippen molar-refractivity contribution in [3.8, 4) is 0 Å². The number of hydrogen-bond acceptors (Lipinski definition) is 5. The lowest BCUT2D eigenvalue weighted by molar-refractivity contribution is -0.384. The Morgan fingerprint density at radius 2 is 2.19 bits per heavy atom. The lowest BCUT2D eigenvalue weighted by atomic mass is 10.1. The number of nitrogens with zero attached hydrogens (tertiary/aromatic N) is 1. The molecule has 0 bridgehead atoms. The molecule has 0 aromatic heterocycles. The number of amides is 1. The Morgan fingerprint density at radius 1 is 1.43 bits per heavy atom. The van der Waals surface area contributed by atoms with Crippen LogP contribution in [-0.4, -0.2) is 29.4 Å². The summed E-state index contributed by atoms with van der Waals surface area (Å²) in [5.74, 6) is -1.20. The number of nitro groups is 1. The van der Waals surface area contributed by atoms with Crippen LogP contribution >= 0.6 is 11.6 Å². The first-order chi connectivity index (χ1) is 9.99. The molecule has 0 unspecified atom stereocenters. The number of esters is 1. The second kappa shape index (κ2) is 6.53. The van der Waals surface area contributed by atoms with E-state index < -0.39 is 17.0 Å². The highest BCUT2D eigenvalue weighted by molar-refractivity contribution is 6.33. The predicted molar refractivity (Wildman–Crippen MR) is 74.2 cm³/mol. The third kappa shape index (κ3) is 3.69. The Labute approximate surface area is 125 Å². The van der Waals surface area contributed by atoms with Gasteiger partial charge in [0.2, 0.25) is 0 Å². The molecule has 21 heavy (non-hydrogen) atoms. The molecule has 1 atom stereocenters. The van der Waals surface area contributed by atoms with Gasteiger partial charge in [-0.25, -0.2) is 4.79 Å². The van der Waals surface area contributed by atoms with Crippen LogP contribution < -0.4 is 5.32 Å². The summed E-state index contributed by atoms with van der Waals surface area (Å²) in [4.78, 5) is 33.9. The van der Waals surface area contributed by atoms with E-state index in [0.29, 0.717) is 13.0 Å². The van der Waals surface area contributed by atoms with Gasteiger partial charge in [-0.2, -0.15) is 0 Å². The number of hydrogen-bond donors (Lipinski definition) is 1. The van der Waals surface area contributed by atoms with Crippen LogP contribution in [0.5, 0.6) is 0 Å². The molecule has 1 aliphatic rings. The summed E-state index contributed by atoms with van der Waals surface area (Å²) >= 11 is 5.86.